The van der Waals surface area contributed by atoms with Crippen LogP contribution in [0, 0.1) is 11.8 Å². The predicted octanol–water partition coefficient (Wildman–Crippen LogP) is 2.51. The van der Waals surface area contributed by atoms with Crippen molar-refractivity contribution in [3.63, 3.8) is 0 Å². The number of ether oxygens (including phenoxy) is 2. The van der Waals surface area contributed by atoms with Gasteiger partial charge in [0.25, 0.3) is 0 Å². The van der Waals surface area contributed by atoms with Crippen molar-refractivity contribution in [2.45, 2.75) is 43.7 Å². The monoisotopic (exact) mass is 370 g/mol. The maximum atomic E-state index is 13.5. The van der Waals surface area contributed by atoms with Crippen molar-refractivity contribution in [3.05, 3.63) is 29.8 Å². The van der Waals surface area contributed by atoms with Crippen LogP contribution in [-0.4, -0.2) is 67.7 Å². The largest absolute Gasteiger partial charge is 0.496 e. The molecule has 0 N–H and O–H groups in total. The van der Waals surface area contributed by atoms with E-state index in [-0.39, 0.29) is 5.92 Å². The number of para-hydroxylation sites is 1. The summed E-state index contributed by atoms with van der Waals surface area (Å²) in [5.74, 6) is 2.48. The highest BCUT2D eigenvalue weighted by molar-refractivity contribution is 5.80. The Kier molecular flexibility index (Phi) is 4.60. The minimum atomic E-state index is 0.145. The van der Waals surface area contributed by atoms with E-state index in [4.69, 9.17) is 9.47 Å². The summed E-state index contributed by atoms with van der Waals surface area (Å²) in [5.41, 5.74) is 1.27. The summed E-state index contributed by atoms with van der Waals surface area (Å²) in [6, 6.07) is 9.21. The number of nitrogens with zero attached hydrogens (tertiary/aromatic N) is 2. The molecule has 5 heteroatoms. The Balaban J connectivity index is 1.49. The molecule has 5 aliphatic rings. The standard InChI is InChI=1S/C22H30N2O3/c1-26-19-5-3-2-4-17(19)18-14-24(22(25)16-8-12-27-13-9-16)20-15-6-10-23(11-7-15)21(18)20/h2-5,15-16,18,20-21H,6-14H2,1H3/t18-,20+,21+/m0/s1. The van der Waals surface area contributed by atoms with Gasteiger partial charge in [0.05, 0.1) is 13.2 Å². The van der Waals surface area contributed by atoms with E-state index in [0.29, 0.717) is 29.8 Å². The van der Waals surface area contributed by atoms with Crippen LogP contribution >= 0.6 is 0 Å². The molecule has 0 unspecified atom stereocenters. The highest BCUT2D eigenvalue weighted by atomic mass is 16.5. The van der Waals surface area contributed by atoms with Crippen LogP contribution in [0.4, 0.5) is 0 Å². The van der Waals surface area contributed by atoms with Crippen LogP contribution in [0.1, 0.15) is 37.2 Å². The fourth-order valence-corrected chi connectivity index (χ4v) is 6.10. The smallest absolute Gasteiger partial charge is 0.226 e. The molecule has 146 valence electrons. The predicted molar refractivity (Wildman–Crippen MR) is 103 cm³/mol. The van der Waals surface area contributed by atoms with Gasteiger partial charge in [-0.2, -0.15) is 0 Å². The maximum absolute atomic E-state index is 13.5. The van der Waals surface area contributed by atoms with E-state index >= 15 is 0 Å². The lowest BCUT2D eigenvalue weighted by atomic mass is 9.75. The van der Waals surface area contributed by atoms with E-state index < -0.39 is 0 Å². The number of rotatable bonds is 3. The average Bonchev–Trinajstić information content (AvgIpc) is 3.17. The Labute approximate surface area is 161 Å². The number of hydrogen-bond acceptors (Lipinski definition) is 4. The van der Waals surface area contributed by atoms with Gasteiger partial charge in [-0.25, -0.2) is 0 Å². The molecule has 0 saturated carbocycles. The third-order valence-corrected chi connectivity index (χ3v) is 7.39. The molecule has 5 aliphatic heterocycles. The van der Waals surface area contributed by atoms with Gasteiger partial charge in [-0.15, -0.1) is 0 Å². The lowest BCUT2D eigenvalue weighted by molar-refractivity contribution is -0.143. The minimum Gasteiger partial charge on any atom is -0.496 e. The zero-order chi connectivity index (χ0) is 18.4. The lowest BCUT2D eigenvalue weighted by Gasteiger charge is -2.51. The molecule has 27 heavy (non-hydrogen) atoms. The Bertz CT molecular complexity index is 695. The number of carbonyl (C=O) groups excluding carboxylic acids is 1. The highest BCUT2D eigenvalue weighted by Gasteiger charge is 2.55. The summed E-state index contributed by atoms with van der Waals surface area (Å²) in [7, 11) is 1.75. The van der Waals surface area contributed by atoms with Crippen LogP contribution in [0.5, 0.6) is 5.75 Å². The van der Waals surface area contributed by atoms with Crippen LogP contribution in [0.3, 0.4) is 0 Å². The van der Waals surface area contributed by atoms with E-state index in [0.717, 1.165) is 38.3 Å². The van der Waals surface area contributed by atoms with Gasteiger partial charge in [0.1, 0.15) is 5.75 Å². The Morgan fingerprint density at radius 2 is 1.81 bits per heavy atom. The third kappa shape index (κ3) is 2.87. The molecular formula is C22H30N2O3. The molecule has 1 aromatic rings. The van der Waals surface area contributed by atoms with E-state index in [1.165, 1.54) is 31.5 Å². The Hall–Kier alpha value is -1.59. The van der Waals surface area contributed by atoms with Crippen molar-refractivity contribution >= 4 is 5.91 Å². The number of likely N-dealkylation sites (tertiary alicyclic amines) is 1. The number of amides is 1. The van der Waals surface area contributed by atoms with Crippen LogP contribution in [0.2, 0.25) is 0 Å². The summed E-state index contributed by atoms with van der Waals surface area (Å²) in [5, 5.41) is 0. The Morgan fingerprint density at radius 3 is 2.56 bits per heavy atom. The van der Waals surface area contributed by atoms with Gasteiger partial charge in [-0.05, 0) is 50.8 Å². The molecule has 6 rings (SSSR count). The second-order valence-electron chi connectivity index (χ2n) is 8.58. The molecule has 5 heterocycles. The summed E-state index contributed by atoms with van der Waals surface area (Å²) in [6.07, 6.45) is 4.22. The van der Waals surface area contributed by atoms with Gasteiger partial charge < -0.3 is 14.4 Å². The summed E-state index contributed by atoms with van der Waals surface area (Å²) < 4.78 is 11.2. The van der Waals surface area contributed by atoms with Gasteiger partial charge in [-0.3, -0.25) is 9.69 Å². The average molecular weight is 370 g/mol. The molecule has 0 aromatic heterocycles. The zero-order valence-corrected chi connectivity index (χ0v) is 16.2. The van der Waals surface area contributed by atoms with Crippen LogP contribution in [0.25, 0.3) is 0 Å². The lowest BCUT2D eigenvalue weighted by Crippen LogP contribution is -2.61. The molecule has 5 nitrogen and oxygen atoms in total. The Morgan fingerprint density at radius 1 is 1.07 bits per heavy atom. The van der Waals surface area contributed by atoms with Crippen LogP contribution < -0.4 is 4.74 Å². The summed E-state index contributed by atoms with van der Waals surface area (Å²) in [4.78, 5) is 18.4. The molecule has 2 bridgehead atoms. The van der Waals surface area contributed by atoms with Crippen molar-refractivity contribution in [2.75, 3.05) is 40.0 Å². The summed E-state index contributed by atoms with van der Waals surface area (Å²) >= 11 is 0. The number of benzene rings is 1. The molecule has 1 amide bonds. The number of methoxy groups -OCH3 is 1. The first kappa shape index (κ1) is 17.5. The highest BCUT2D eigenvalue weighted by Crippen LogP contribution is 2.48. The van der Waals surface area contributed by atoms with Crippen molar-refractivity contribution in [1.82, 2.24) is 9.80 Å². The normalized spacial score (nSPS) is 35.9. The molecule has 0 radical (unpaired) electrons. The number of carbonyl (C=O) groups is 1. The van der Waals surface area contributed by atoms with Gasteiger partial charge in [-0.1, -0.05) is 18.2 Å². The molecule has 0 aliphatic carbocycles. The quantitative estimate of drug-likeness (QED) is 0.820. The first-order valence-electron chi connectivity index (χ1n) is 10.5. The molecular weight excluding hydrogens is 340 g/mol. The van der Waals surface area contributed by atoms with Crippen LogP contribution in [-0.2, 0) is 9.53 Å². The first-order valence-corrected chi connectivity index (χ1v) is 10.5. The molecule has 5 saturated heterocycles. The van der Waals surface area contributed by atoms with E-state index in [2.05, 4.69) is 28.0 Å². The van der Waals surface area contributed by atoms with Gasteiger partial charge in [0.15, 0.2) is 0 Å². The van der Waals surface area contributed by atoms with E-state index in [1.807, 2.05) is 6.07 Å². The van der Waals surface area contributed by atoms with Gasteiger partial charge in [0, 0.05) is 43.2 Å². The topological polar surface area (TPSA) is 42.0 Å². The van der Waals surface area contributed by atoms with Crippen LogP contribution in [0.15, 0.2) is 24.3 Å². The van der Waals surface area contributed by atoms with Crippen molar-refractivity contribution in [2.24, 2.45) is 11.8 Å². The number of piperidine rings is 3. The number of hydrogen-bond donors (Lipinski definition) is 0. The van der Waals surface area contributed by atoms with E-state index in [1.54, 1.807) is 7.11 Å². The molecule has 1 aromatic carbocycles. The second kappa shape index (κ2) is 7.10. The summed E-state index contributed by atoms with van der Waals surface area (Å²) in [6.45, 7) is 4.64. The fraction of sp³-hybridized carbons (Fsp3) is 0.682. The van der Waals surface area contributed by atoms with E-state index in [9.17, 15) is 4.79 Å². The fourth-order valence-electron chi connectivity index (χ4n) is 6.10. The molecule has 3 atom stereocenters. The zero-order valence-electron chi connectivity index (χ0n) is 16.2. The SMILES string of the molecule is COc1ccccc1[C@@H]1CN(C(=O)C2CCOCC2)[C@@H]2C3CCN(CC3)[C@@H]21. The molecule has 0 spiro atoms. The van der Waals surface area contributed by atoms with Gasteiger partial charge >= 0.3 is 0 Å². The van der Waals surface area contributed by atoms with Crippen molar-refractivity contribution < 1.29 is 14.3 Å². The molecule has 5 fully saturated rings. The number of fused-ring (bicyclic) bond motifs is 2. The minimum absolute atomic E-state index is 0.145. The van der Waals surface area contributed by atoms with Crippen molar-refractivity contribution in [3.8, 4) is 5.75 Å². The second-order valence-corrected chi connectivity index (χ2v) is 8.58. The third-order valence-electron chi connectivity index (χ3n) is 7.39. The van der Waals surface area contributed by atoms with Gasteiger partial charge in [0.2, 0.25) is 5.91 Å². The van der Waals surface area contributed by atoms with Crippen molar-refractivity contribution in [1.29, 1.82) is 0 Å². The maximum Gasteiger partial charge on any atom is 0.226 e. The first-order chi connectivity index (χ1) is 13.3.